The summed E-state index contributed by atoms with van der Waals surface area (Å²) < 4.78 is 64.8. The van der Waals surface area contributed by atoms with E-state index in [0.717, 1.165) is 24.3 Å². The van der Waals surface area contributed by atoms with Gasteiger partial charge in [-0.2, -0.15) is 9.97 Å². The van der Waals surface area contributed by atoms with Gasteiger partial charge in [-0.1, -0.05) is 12.1 Å². The predicted octanol–water partition coefficient (Wildman–Crippen LogP) is 2.00. The molecule has 3 rings (SSSR count). The van der Waals surface area contributed by atoms with Crippen molar-refractivity contribution in [2.45, 2.75) is 9.79 Å². The Kier molecular flexibility index (Phi) is 6.64. The van der Waals surface area contributed by atoms with Crippen molar-refractivity contribution in [1.29, 1.82) is 0 Å². The van der Waals surface area contributed by atoms with Crippen LogP contribution in [0.15, 0.2) is 64.4 Å². The van der Waals surface area contributed by atoms with Gasteiger partial charge in [0.2, 0.25) is 5.88 Å². The van der Waals surface area contributed by atoms with Crippen LogP contribution in [0.25, 0.3) is 0 Å². The molecule has 0 aliphatic carbocycles. The number of ether oxygens (including phenoxy) is 2. The minimum absolute atomic E-state index is 0.00234. The Morgan fingerprint density at radius 3 is 2.15 bits per heavy atom. The van der Waals surface area contributed by atoms with E-state index < -0.39 is 35.6 Å². The quantitative estimate of drug-likeness (QED) is 0.329. The third kappa shape index (κ3) is 5.45. The second-order valence-electron chi connectivity index (χ2n) is 6.24. The van der Waals surface area contributed by atoms with Crippen molar-refractivity contribution in [1.82, 2.24) is 9.97 Å². The number of methoxy groups -OCH3 is 2. The van der Waals surface area contributed by atoms with Crippen LogP contribution in [0.1, 0.15) is 0 Å². The van der Waals surface area contributed by atoms with Crippen LogP contribution in [-0.4, -0.2) is 45.9 Å². The average Bonchev–Trinajstić information content (AvgIpc) is 2.78. The van der Waals surface area contributed by atoms with Crippen LogP contribution in [0, 0.1) is 10.1 Å². The largest absolute Gasteiger partial charge is 0.481 e. The number of nitrogens with zero attached hydrogens (tertiary/aromatic N) is 3. The molecular formula is C18H17N5O8S2. The molecule has 1 aromatic heterocycles. The molecule has 0 atom stereocenters. The Morgan fingerprint density at radius 2 is 1.55 bits per heavy atom. The van der Waals surface area contributed by atoms with Crippen LogP contribution >= 0.6 is 0 Å². The fourth-order valence-electron chi connectivity index (χ4n) is 2.60. The van der Waals surface area contributed by atoms with E-state index in [1.54, 1.807) is 0 Å². The lowest BCUT2D eigenvalue weighted by Crippen LogP contribution is -2.16. The van der Waals surface area contributed by atoms with Gasteiger partial charge in [0.15, 0.2) is 10.7 Å². The fraction of sp³-hybridized carbons (Fsp3) is 0.111. The summed E-state index contributed by atoms with van der Waals surface area (Å²) >= 11 is 0. The highest BCUT2D eigenvalue weighted by Crippen LogP contribution is 2.26. The van der Waals surface area contributed by atoms with E-state index in [1.807, 2.05) is 0 Å². The molecule has 33 heavy (non-hydrogen) atoms. The first kappa shape index (κ1) is 23.7. The maximum Gasteiger partial charge on any atom is 0.321 e. The molecule has 0 aliphatic rings. The zero-order valence-electron chi connectivity index (χ0n) is 17.1. The maximum atomic E-state index is 12.7. The number of nitro benzene ring substituents is 1. The van der Waals surface area contributed by atoms with Gasteiger partial charge in [0.25, 0.3) is 25.7 Å². The molecule has 0 bridgehead atoms. The topological polar surface area (TPSA) is 180 Å². The Labute approximate surface area is 188 Å². The SMILES string of the molecule is COc1cc(NS(=O)(=O)c2ccc(NS(=O)(=O)c3ccccc3[N+](=O)[O-])cc2)nc(OC)n1. The second-order valence-corrected chi connectivity index (χ2v) is 9.58. The monoisotopic (exact) mass is 495 g/mol. The van der Waals surface area contributed by atoms with Crippen LogP contribution < -0.4 is 18.9 Å². The van der Waals surface area contributed by atoms with Gasteiger partial charge in [-0.05, 0) is 30.3 Å². The van der Waals surface area contributed by atoms with Crippen molar-refractivity contribution in [3.63, 3.8) is 0 Å². The van der Waals surface area contributed by atoms with Gasteiger partial charge in [0, 0.05) is 17.8 Å². The summed E-state index contributed by atoms with van der Waals surface area (Å²) in [6.07, 6.45) is 0. The Bertz CT molecular complexity index is 1370. The van der Waals surface area contributed by atoms with Crippen LogP contribution in [0.3, 0.4) is 0 Å². The van der Waals surface area contributed by atoms with E-state index in [9.17, 15) is 26.9 Å². The van der Waals surface area contributed by atoms with E-state index in [0.29, 0.717) is 0 Å². The summed E-state index contributed by atoms with van der Waals surface area (Å²) in [4.78, 5) is 17.3. The molecule has 2 N–H and O–H groups in total. The number of nitrogens with one attached hydrogen (secondary N) is 2. The van der Waals surface area contributed by atoms with Crippen molar-refractivity contribution < 1.29 is 31.2 Å². The van der Waals surface area contributed by atoms with Crippen LogP contribution in [0.4, 0.5) is 17.2 Å². The average molecular weight is 495 g/mol. The van der Waals surface area contributed by atoms with E-state index in [2.05, 4.69) is 19.4 Å². The zero-order valence-corrected chi connectivity index (χ0v) is 18.8. The standard InChI is InChI=1S/C18H17N5O8S2/c1-30-17-11-16(19-18(20-17)31-2)22-32(26,27)13-9-7-12(8-10-13)21-33(28,29)15-6-4-3-5-14(15)23(24)25/h3-11,21H,1-2H3,(H,19,20,22). The summed E-state index contributed by atoms with van der Waals surface area (Å²) in [6.45, 7) is 0. The Balaban J connectivity index is 1.83. The van der Waals surface area contributed by atoms with E-state index in [1.165, 1.54) is 44.6 Å². The van der Waals surface area contributed by atoms with Crippen LogP contribution in [-0.2, 0) is 20.0 Å². The summed E-state index contributed by atoms with van der Waals surface area (Å²) in [5.41, 5.74) is -0.596. The molecule has 3 aromatic rings. The van der Waals surface area contributed by atoms with E-state index in [4.69, 9.17) is 9.47 Å². The van der Waals surface area contributed by atoms with Gasteiger partial charge in [-0.3, -0.25) is 19.6 Å². The highest BCUT2D eigenvalue weighted by molar-refractivity contribution is 7.93. The van der Waals surface area contributed by atoms with Crippen LogP contribution in [0.2, 0.25) is 0 Å². The minimum Gasteiger partial charge on any atom is -0.481 e. The fourth-order valence-corrected chi connectivity index (χ4v) is 4.82. The van der Waals surface area contributed by atoms with Gasteiger partial charge in [-0.25, -0.2) is 16.8 Å². The summed E-state index contributed by atoms with van der Waals surface area (Å²) in [5, 5.41) is 11.1. The van der Waals surface area contributed by atoms with Crippen molar-refractivity contribution >= 4 is 37.2 Å². The predicted molar refractivity (Wildman–Crippen MR) is 116 cm³/mol. The molecular weight excluding hydrogens is 478 g/mol. The highest BCUT2D eigenvalue weighted by Gasteiger charge is 2.25. The number of aromatic nitrogens is 2. The Hall–Kier alpha value is -3.98. The van der Waals surface area contributed by atoms with Gasteiger partial charge >= 0.3 is 6.01 Å². The molecule has 2 aromatic carbocycles. The third-order valence-corrected chi connectivity index (χ3v) is 6.88. The number of hydrogen-bond donors (Lipinski definition) is 2. The minimum atomic E-state index is -4.30. The molecule has 174 valence electrons. The van der Waals surface area contributed by atoms with Gasteiger partial charge in [-0.15, -0.1) is 0 Å². The van der Waals surface area contributed by atoms with Gasteiger partial charge < -0.3 is 9.47 Å². The number of benzene rings is 2. The van der Waals surface area contributed by atoms with Crippen molar-refractivity contribution in [3.05, 3.63) is 64.7 Å². The molecule has 0 aliphatic heterocycles. The number of sulfonamides is 2. The first-order chi connectivity index (χ1) is 15.6. The maximum absolute atomic E-state index is 12.7. The molecule has 13 nitrogen and oxygen atoms in total. The summed E-state index contributed by atoms with van der Waals surface area (Å²) in [6, 6.07) is 10.7. The molecule has 0 fully saturated rings. The molecule has 0 unspecified atom stereocenters. The lowest BCUT2D eigenvalue weighted by Gasteiger charge is -2.11. The number of nitro groups is 1. The van der Waals surface area contributed by atoms with Gasteiger partial charge in [0.05, 0.1) is 24.0 Å². The smallest absolute Gasteiger partial charge is 0.321 e. The molecule has 0 amide bonds. The van der Waals surface area contributed by atoms with E-state index >= 15 is 0 Å². The normalized spacial score (nSPS) is 11.5. The van der Waals surface area contributed by atoms with E-state index in [-0.39, 0.29) is 28.3 Å². The highest BCUT2D eigenvalue weighted by atomic mass is 32.2. The molecule has 0 saturated carbocycles. The first-order valence-corrected chi connectivity index (χ1v) is 11.9. The molecule has 15 heteroatoms. The second kappa shape index (κ2) is 9.25. The molecule has 0 spiro atoms. The number of hydrogen-bond acceptors (Lipinski definition) is 10. The lowest BCUT2D eigenvalue weighted by atomic mass is 10.3. The van der Waals surface area contributed by atoms with Crippen molar-refractivity contribution in [2.24, 2.45) is 0 Å². The third-order valence-electron chi connectivity index (χ3n) is 4.08. The summed E-state index contributed by atoms with van der Waals surface area (Å²) in [5.74, 6) is -0.0424. The first-order valence-electron chi connectivity index (χ1n) is 8.92. The van der Waals surface area contributed by atoms with Crippen LogP contribution in [0.5, 0.6) is 11.9 Å². The molecule has 0 radical (unpaired) electrons. The lowest BCUT2D eigenvalue weighted by molar-refractivity contribution is -0.387. The van der Waals surface area contributed by atoms with Gasteiger partial charge in [0.1, 0.15) is 0 Å². The van der Waals surface area contributed by atoms with Crippen molar-refractivity contribution in [2.75, 3.05) is 23.7 Å². The number of para-hydroxylation sites is 1. The molecule has 1 heterocycles. The zero-order chi connectivity index (χ0) is 24.2. The number of rotatable bonds is 9. The van der Waals surface area contributed by atoms with Crippen molar-refractivity contribution in [3.8, 4) is 11.9 Å². The molecule has 0 saturated heterocycles. The Morgan fingerprint density at radius 1 is 0.879 bits per heavy atom. The number of anilines is 2. The summed E-state index contributed by atoms with van der Waals surface area (Å²) in [7, 11) is -5.77.